The lowest BCUT2D eigenvalue weighted by Crippen LogP contribution is -2.16. The predicted octanol–water partition coefficient (Wildman–Crippen LogP) is 10.5. The summed E-state index contributed by atoms with van der Waals surface area (Å²) in [4.78, 5) is 23.1. The Bertz CT molecular complexity index is 567. The monoisotopic (exact) mass is 520 g/mol. The molecule has 0 aliphatic carbocycles. The van der Waals surface area contributed by atoms with E-state index in [4.69, 9.17) is 9.84 Å². The summed E-state index contributed by atoms with van der Waals surface area (Å²) in [6.07, 6.45) is 34.8. The molecule has 1 N–H and O–H groups in total. The molecule has 0 rings (SSSR count). The van der Waals surface area contributed by atoms with Crippen LogP contribution in [0, 0.1) is 0 Å². The quantitative estimate of drug-likeness (QED) is 0.0633. The van der Waals surface area contributed by atoms with Gasteiger partial charge < -0.3 is 9.84 Å². The Morgan fingerprint density at radius 2 is 1.05 bits per heavy atom. The lowest BCUT2D eigenvalue weighted by molar-refractivity contribution is -0.147. The van der Waals surface area contributed by atoms with E-state index < -0.39 is 5.97 Å². The highest BCUT2D eigenvalue weighted by atomic mass is 16.5. The van der Waals surface area contributed by atoms with Gasteiger partial charge in [0.25, 0.3) is 0 Å². The van der Waals surface area contributed by atoms with E-state index in [1.54, 1.807) is 0 Å². The number of hydrogen-bond donors (Lipinski definition) is 1. The fraction of sp³-hybridized carbons (Fsp3) is 0.818. The Morgan fingerprint density at radius 1 is 0.595 bits per heavy atom. The first-order chi connectivity index (χ1) is 18.1. The van der Waals surface area contributed by atoms with E-state index in [0.29, 0.717) is 6.42 Å². The molecular weight excluding hydrogens is 460 g/mol. The molecule has 0 aromatic carbocycles. The third-order valence-electron chi connectivity index (χ3n) is 6.88. The lowest BCUT2D eigenvalue weighted by atomic mass is 10.1. The average molecular weight is 521 g/mol. The summed E-state index contributed by atoms with van der Waals surface area (Å²) in [5.41, 5.74) is 0. The number of hydrogen-bond acceptors (Lipinski definition) is 3. The van der Waals surface area contributed by atoms with Gasteiger partial charge in [-0.05, 0) is 70.3 Å². The molecule has 0 radical (unpaired) electrons. The number of aliphatic carboxylic acids is 1. The Morgan fingerprint density at radius 3 is 1.65 bits per heavy atom. The van der Waals surface area contributed by atoms with Gasteiger partial charge in [0.15, 0.2) is 0 Å². The molecule has 4 nitrogen and oxygen atoms in total. The van der Waals surface area contributed by atoms with E-state index in [2.05, 4.69) is 38.2 Å². The molecule has 4 heteroatoms. The van der Waals surface area contributed by atoms with Gasteiger partial charge in [-0.2, -0.15) is 0 Å². The predicted molar refractivity (Wildman–Crippen MR) is 158 cm³/mol. The van der Waals surface area contributed by atoms with E-state index >= 15 is 0 Å². The van der Waals surface area contributed by atoms with Gasteiger partial charge in [0.1, 0.15) is 6.10 Å². The Kier molecular flexibility index (Phi) is 27.7. The van der Waals surface area contributed by atoms with Gasteiger partial charge >= 0.3 is 11.9 Å². The zero-order chi connectivity index (χ0) is 27.2. The van der Waals surface area contributed by atoms with Crippen LogP contribution in [-0.4, -0.2) is 23.1 Å². The van der Waals surface area contributed by atoms with Crippen LogP contribution >= 0.6 is 0 Å². The van der Waals surface area contributed by atoms with Crippen molar-refractivity contribution in [3.63, 3.8) is 0 Å². The maximum atomic E-state index is 12.4. The summed E-state index contributed by atoms with van der Waals surface area (Å²) >= 11 is 0. The summed E-state index contributed by atoms with van der Waals surface area (Å²) < 4.78 is 5.81. The van der Waals surface area contributed by atoms with Gasteiger partial charge in [-0.1, -0.05) is 109 Å². The van der Waals surface area contributed by atoms with Crippen LogP contribution in [0.4, 0.5) is 0 Å². The number of esters is 1. The Labute approximate surface area is 229 Å². The van der Waals surface area contributed by atoms with Crippen molar-refractivity contribution < 1.29 is 19.4 Å². The molecule has 0 fully saturated rings. The molecule has 1 atom stereocenters. The van der Waals surface area contributed by atoms with E-state index in [1.165, 1.54) is 89.9 Å². The number of allylic oxidation sites excluding steroid dienone is 3. The molecule has 0 saturated carbocycles. The number of ether oxygens (including phenoxy) is 1. The van der Waals surface area contributed by atoms with Crippen molar-refractivity contribution in [2.24, 2.45) is 0 Å². The minimum Gasteiger partial charge on any atom is -0.481 e. The standard InChI is InChI=1S/C33H60O4/c1-3-5-7-9-11-12-13-14-15-16-17-18-20-26-30-33(36)37-31(27-23-19-10-8-6-4-2)28-24-21-22-25-29-32(34)35/h13-14,23,27,31H,3-12,15-22,24-26,28-30H2,1-2H3,(H,34,35)/b14-13-,27-23-. The average Bonchev–Trinajstić information content (AvgIpc) is 2.87. The second kappa shape index (κ2) is 29.0. The SMILES string of the molecule is CCCCCC/C=C\C(CCCCCCC(=O)O)OC(=O)CCCCCCC/C=C\CCCCCCC. The van der Waals surface area contributed by atoms with Crippen molar-refractivity contribution in [2.75, 3.05) is 0 Å². The molecular formula is C33H60O4. The highest BCUT2D eigenvalue weighted by molar-refractivity contribution is 5.69. The molecule has 0 aliphatic rings. The van der Waals surface area contributed by atoms with Crippen LogP contribution in [0.15, 0.2) is 24.3 Å². The van der Waals surface area contributed by atoms with E-state index in [-0.39, 0.29) is 18.5 Å². The fourth-order valence-corrected chi connectivity index (χ4v) is 4.50. The maximum Gasteiger partial charge on any atom is 0.306 e. The summed E-state index contributed by atoms with van der Waals surface area (Å²) in [5, 5.41) is 8.76. The van der Waals surface area contributed by atoms with Crippen molar-refractivity contribution in [2.45, 2.75) is 174 Å². The summed E-state index contributed by atoms with van der Waals surface area (Å²) in [5.74, 6) is -0.800. The van der Waals surface area contributed by atoms with Crippen LogP contribution in [0.25, 0.3) is 0 Å². The van der Waals surface area contributed by atoms with Crippen LogP contribution in [0.3, 0.4) is 0 Å². The van der Waals surface area contributed by atoms with Crippen molar-refractivity contribution in [3.8, 4) is 0 Å². The number of carboxylic acids is 1. The first-order valence-corrected chi connectivity index (χ1v) is 15.8. The number of carboxylic acid groups (broad SMARTS) is 1. The second-order valence-electron chi connectivity index (χ2n) is 10.6. The molecule has 37 heavy (non-hydrogen) atoms. The van der Waals surface area contributed by atoms with Crippen LogP contribution in [0.5, 0.6) is 0 Å². The number of carbonyl (C=O) groups excluding carboxylic acids is 1. The zero-order valence-electron chi connectivity index (χ0n) is 24.5. The summed E-state index contributed by atoms with van der Waals surface area (Å²) in [7, 11) is 0. The zero-order valence-corrected chi connectivity index (χ0v) is 24.5. The normalized spacial score (nSPS) is 12.5. The lowest BCUT2D eigenvalue weighted by Gasteiger charge is -2.15. The number of rotatable bonds is 28. The van der Waals surface area contributed by atoms with Crippen LogP contribution in [0.2, 0.25) is 0 Å². The molecule has 0 aliphatic heterocycles. The van der Waals surface area contributed by atoms with Crippen molar-refractivity contribution >= 4 is 11.9 Å². The molecule has 0 saturated heterocycles. The van der Waals surface area contributed by atoms with E-state index in [1.807, 2.05) is 0 Å². The van der Waals surface area contributed by atoms with Crippen LogP contribution in [-0.2, 0) is 14.3 Å². The molecule has 0 amide bonds. The van der Waals surface area contributed by atoms with Gasteiger partial charge in [0, 0.05) is 12.8 Å². The minimum absolute atomic E-state index is 0.0756. The molecule has 1 unspecified atom stereocenters. The minimum atomic E-state index is -0.724. The summed E-state index contributed by atoms with van der Waals surface area (Å²) in [6.45, 7) is 4.48. The smallest absolute Gasteiger partial charge is 0.306 e. The van der Waals surface area contributed by atoms with Gasteiger partial charge in [0.2, 0.25) is 0 Å². The number of carbonyl (C=O) groups is 2. The van der Waals surface area contributed by atoms with Gasteiger partial charge in [-0.25, -0.2) is 0 Å². The highest BCUT2D eigenvalue weighted by Crippen LogP contribution is 2.15. The third kappa shape index (κ3) is 28.8. The first kappa shape index (κ1) is 35.4. The molecule has 0 heterocycles. The maximum absolute atomic E-state index is 12.4. The van der Waals surface area contributed by atoms with Gasteiger partial charge in [-0.15, -0.1) is 0 Å². The second-order valence-corrected chi connectivity index (χ2v) is 10.6. The Hall–Kier alpha value is -1.58. The third-order valence-corrected chi connectivity index (χ3v) is 6.88. The van der Waals surface area contributed by atoms with Gasteiger partial charge in [0.05, 0.1) is 0 Å². The van der Waals surface area contributed by atoms with Crippen LogP contribution < -0.4 is 0 Å². The van der Waals surface area contributed by atoms with Crippen molar-refractivity contribution in [1.29, 1.82) is 0 Å². The molecule has 0 bridgehead atoms. The molecule has 216 valence electrons. The molecule has 0 spiro atoms. The van der Waals surface area contributed by atoms with Crippen LogP contribution in [0.1, 0.15) is 168 Å². The first-order valence-electron chi connectivity index (χ1n) is 15.8. The number of unbranched alkanes of at least 4 members (excludes halogenated alkanes) is 17. The summed E-state index contributed by atoms with van der Waals surface area (Å²) in [6, 6.07) is 0. The van der Waals surface area contributed by atoms with Gasteiger partial charge in [-0.3, -0.25) is 9.59 Å². The largest absolute Gasteiger partial charge is 0.481 e. The van der Waals surface area contributed by atoms with E-state index in [9.17, 15) is 9.59 Å². The highest BCUT2D eigenvalue weighted by Gasteiger charge is 2.11. The molecule has 0 aromatic rings. The fourth-order valence-electron chi connectivity index (χ4n) is 4.50. The van der Waals surface area contributed by atoms with Crippen molar-refractivity contribution in [1.82, 2.24) is 0 Å². The topological polar surface area (TPSA) is 63.6 Å². The Balaban J connectivity index is 3.99. The van der Waals surface area contributed by atoms with Crippen molar-refractivity contribution in [3.05, 3.63) is 24.3 Å². The van der Waals surface area contributed by atoms with E-state index in [0.717, 1.165) is 51.4 Å². The molecule has 0 aromatic heterocycles.